The van der Waals surface area contributed by atoms with Gasteiger partial charge in [-0.05, 0) is 20.8 Å². The maximum absolute atomic E-state index is 12.1. The Bertz CT molecular complexity index is 763. The van der Waals surface area contributed by atoms with Crippen LogP contribution in [0.25, 0.3) is 10.9 Å². The number of fused-ring (bicyclic) bond motifs is 1. The Labute approximate surface area is 145 Å². The fraction of sp³-hybridized carbons (Fsp3) is 0.500. The number of aromatic nitrogens is 3. The Morgan fingerprint density at radius 3 is 2.88 bits per heavy atom. The summed E-state index contributed by atoms with van der Waals surface area (Å²) >= 11 is 6.07. The number of likely N-dealkylation sites (tertiary alicyclic amines) is 1. The smallest absolute Gasteiger partial charge is 0.410 e. The summed E-state index contributed by atoms with van der Waals surface area (Å²) in [5.41, 5.74) is 0.149. The first kappa shape index (κ1) is 16.7. The van der Waals surface area contributed by atoms with Gasteiger partial charge in [-0.15, -0.1) is 0 Å². The minimum Gasteiger partial charge on any atom is -0.472 e. The molecule has 128 valence electrons. The fourth-order valence-corrected chi connectivity index (χ4v) is 2.66. The van der Waals surface area contributed by atoms with Crippen LogP contribution in [-0.4, -0.2) is 50.7 Å². The van der Waals surface area contributed by atoms with E-state index in [1.165, 1.54) is 6.33 Å². The number of carbonyl (C=O) groups excluding carboxylic acids is 1. The highest BCUT2D eigenvalue weighted by molar-refractivity contribution is 6.34. The van der Waals surface area contributed by atoms with Gasteiger partial charge >= 0.3 is 6.09 Å². The van der Waals surface area contributed by atoms with E-state index < -0.39 is 5.60 Å². The van der Waals surface area contributed by atoms with Gasteiger partial charge in [0.25, 0.3) is 0 Å². The van der Waals surface area contributed by atoms with Crippen LogP contribution in [0.1, 0.15) is 27.2 Å². The van der Waals surface area contributed by atoms with E-state index >= 15 is 0 Å². The molecule has 3 rings (SSSR count). The molecule has 0 radical (unpaired) electrons. The summed E-state index contributed by atoms with van der Waals surface area (Å²) in [5, 5.41) is 1.04. The van der Waals surface area contributed by atoms with Crippen LogP contribution in [0, 0.1) is 0 Å². The van der Waals surface area contributed by atoms with Crippen LogP contribution in [0.3, 0.4) is 0 Å². The van der Waals surface area contributed by atoms with Gasteiger partial charge in [0.05, 0.1) is 18.3 Å². The van der Waals surface area contributed by atoms with Crippen LogP contribution in [0.15, 0.2) is 18.6 Å². The number of carbonyl (C=O) groups is 1. The van der Waals surface area contributed by atoms with Gasteiger partial charge in [0.2, 0.25) is 5.88 Å². The molecule has 0 aromatic carbocycles. The van der Waals surface area contributed by atoms with Crippen LogP contribution in [0.2, 0.25) is 5.15 Å². The highest BCUT2D eigenvalue weighted by atomic mass is 35.5. The summed E-state index contributed by atoms with van der Waals surface area (Å²) in [6.07, 6.45) is 3.25. The molecule has 0 aliphatic carbocycles. The van der Waals surface area contributed by atoms with E-state index in [-0.39, 0.29) is 12.2 Å². The van der Waals surface area contributed by atoms with E-state index in [9.17, 15) is 4.79 Å². The van der Waals surface area contributed by atoms with Crippen LogP contribution in [-0.2, 0) is 4.74 Å². The monoisotopic (exact) mass is 350 g/mol. The molecule has 2 aromatic rings. The molecule has 2 aromatic heterocycles. The number of hydrogen-bond donors (Lipinski definition) is 0. The first-order chi connectivity index (χ1) is 11.3. The maximum Gasteiger partial charge on any atom is 0.410 e. The van der Waals surface area contributed by atoms with Crippen molar-refractivity contribution in [3.63, 3.8) is 0 Å². The van der Waals surface area contributed by atoms with Crippen molar-refractivity contribution < 1.29 is 14.3 Å². The summed E-state index contributed by atoms with van der Waals surface area (Å²) in [6.45, 7) is 6.60. The van der Waals surface area contributed by atoms with Crippen molar-refractivity contribution in [2.24, 2.45) is 0 Å². The van der Waals surface area contributed by atoms with Crippen molar-refractivity contribution in [3.05, 3.63) is 23.7 Å². The molecule has 1 atom stereocenters. The van der Waals surface area contributed by atoms with Crippen molar-refractivity contribution in [1.29, 1.82) is 0 Å². The van der Waals surface area contributed by atoms with Gasteiger partial charge in [0.1, 0.15) is 23.2 Å². The number of nitrogens with zero attached hydrogens (tertiary/aromatic N) is 4. The number of rotatable bonds is 2. The summed E-state index contributed by atoms with van der Waals surface area (Å²) in [7, 11) is 0. The van der Waals surface area contributed by atoms with Gasteiger partial charge in [-0.2, -0.15) is 0 Å². The predicted octanol–water partition coefficient (Wildman–Crippen LogP) is 3.07. The second-order valence-corrected chi connectivity index (χ2v) is 7.02. The molecule has 0 N–H and O–H groups in total. The van der Waals surface area contributed by atoms with E-state index in [1.54, 1.807) is 17.2 Å². The molecule has 7 nitrogen and oxygen atoms in total. The normalized spacial score (nSPS) is 18.0. The van der Waals surface area contributed by atoms with Gasteiger partial charge in [-0.25, -0.2) is 19.7 Å². The van der Waals surface area contributed by atoms with Crippen LogP contribution < -0.4 is 4.74 Å². The molecule has 1 aliphatic heterocycles. The molecule has 0 unspecified atom stereocenters. The third-order valence-electron chi connectivity index (χ3n) is 3.53. The lowest BCUT2D eigenvalue weighted by Crippen LogP contribution is -2.36. The van der Waals surface area contributed by atoms with E-state index in [0.717, 1.165) is 6.42 Å². The molecule has 1 saturated heterocycles. The zero-order valence-corrected chi connectivity index (χ0v) is 14.6. The maximum atomic E-state index is 12.1. The second-order valence-electron chi connectivity index (χ2n) is 6.66. The number of hydrogen-bond acceptors (Lipinski definition) is 6. The summed E-state index contributed by atoms with van der Waals surface area (Å²) in [5.74, 6) is 0.440. The second kappa shape index (κ2) is 6.39. The lowest BCUT2D eigenvalue weighted by Gasteiger charge is -2.24. The first-order valence-electron chi connectivity index (χ1n) is 7.73. The van der Waals surface area contributed by atoms with Gasteiger partial charge in [0, 0.05) is 24.4 Å². The third-order valence-corrected chi connectivity index (χ3v) is 3.83. The minimum absolute atomic E-state index is 0.133. The topological polar surface area (TPSA) is 77.4 Å². The Balaban J connectivity index is 1.65. The summed E-state index contributed by atoms with van der Waals surface area (Å²) in [6, 6.07) is 1.72. The number of halogens is 1. The van der Waals surface area contributed by atoms with E-state index in [1.807, 2.05) is 20.8 Å². The molecule has 0 spiro atoms. The van der Waals surface area contributed by atoms with Crippen molar-refractivity contribution in [1.82, 2.24) is 19.9 Å². The number of amides is 1. The predicted molar refractivity (Wildman–Crippen MR) is 89.2 cm³/mol. The van der Waals surface area contributed by atoms with Crippen molar-refractivity contribution >= 4 is 28.6 Å². The van der Waals surface area contributed by atoms with E-state index in [2.05, 4.69) is 15.0 Å². The molecular formula is C16H19ClN4O3. The number of ether oxygens (including phenoxy) is 2. The molecule has 1 fully saturated rings. The van der Waals surface area contributed by atoms with Crippen LogP contribution in [0.5, 0.6) is 5.88 Å². The highest BCUT2D eigenvalue weighted by Gasteiger charge is 2.31. The van der Waals surface area contributed by atoms with E-state index in [0.29, 0.717) is 35.0 Å². The molecule has 0 saturated carbocycles. The zero-order chi connectivity index (χ0) is 17.3. The number of pyridine rings is 1. The third kappa shape index (κ3) is 3.84. The van der Waals surface area contributed by atoms with E-state index in [4.69, 9.17) is 21.1 Å². The first-order valence-corrected chi connectivity index (χ1v) is 8.10. The van der Waals surface area contributed by atoms with Gasteiger partial charge < -0.3 is 14.4 Å². The molecule has 1 aliphatic rings. The van der Waals surface area contributed by atoms with Crippen molar-refractivity contribution in [2.75, 3.05) is 13.1 Å². The Morgan fingerprint density at radius 1 is 1.33 bits per heavy atom. The average molecular weight is 351 g/mol. The fourth-order valence-electron chi connectivity index (χ4n) is 2.46. The molecule has 1 amide bonds. The Kier molecular flexibility index (Phi) is 4.45. The average Bonchev–Trinajstić information content (AvgIpc) is 2.95. The van der Waals surface area contributed by atoms with Crippen molar-refractivity contribution in [3.8, 4) is 5.88 Å². The molecular weight excluding hydrogens is 332 g/mol. The zero-order valence-electron chi connectivity index (χ0n) is 13.8. The lowest BCUT2D eigenvalue weighted by molar-refractivity contribution is 0.0275. The Hall–Kier alpha value is -2.15. The van der Waals surface area contributed by atoms with Crippen LogP contribution in [0.4, 0.5) is 4.79 Å². The largest absolute Gasteiger partial charge is 0.472 e. The standard InChI is InChI=1S/C16H19ClN4O3/c1-16(2,3)24-15(22)21-5-4-10(8-21)23-13-6-11-12(7-18-13)19-9-20-14(11)17/h6-7,9-10H,4-5,8H2,1-3H3/t10-/m0/s1. The lowest BCUT2D eigenvalue weighted by atomic mass is 10.2. The van der Waals surface area contributed by atoms with Gasteiger partial charge in [-0.3, -0.25) is 0 Å². The van der Waals surface area contributed by atoms with Crippen LogP contribution >= 0.6 is 11.6 Å². The molecule has 24 heavy (non-hydrogen) atoms. The molecule has 0 bridgehead atoms. The van der Waals surface area contributed by atoms with Gasteiger partial charge in [0.15, 0.2) is 0 Å². The SMILES string of the molecule is CC(C)(C)OC(=O)N1CC[C@H](Oc2cc3c(Cl)ncnc3cn2)C1. The Morgan fingerprint density at radius 2 is 2.12 bits per heavy atom. The molecule has 8 heteroatoms. The van der Waals surface area contributed by atoms with Crippen molar-refractivity contribution in [2.45, 2.75) is 38.9 Å². The summed E-state index contributed by atoms with van der Waals surface area (Å²) < 4.78 is 11.2. The minimum atomic E-state index is -0.507. The van der Waals surface area contributed by atoms with Gasteiger partial charge in [-0.1, -0.05) is 11.6 Å². The highest BCUT2D eigenvalue weighted by Crippen LogP contribution is 2.24. The summed E-state index contributed by atoms with van der Waals surface area (Å²) in [4.78, 5) is 26.0. The molecule has 3 heterocycles. The quantitative estimate of drug-likeness (QED) is 0.774.